The van der Waals surface area contributed by atoms with E-state index in [1.54, 1.807) is 0 Å². The molecule has 0 unspecified atom stereocenters. The number of nitrogens with zero attached hydrogens (tertiary/aromatic N) is 3. The van der Waals surface area contributed by atoms with Crippen molar-refractivity contribution in [2.45, 2.75) is 37.5 Å². The van der Waals surface area contributed by atoms with Gasteiger partial charge in [-0.15, -0.1) is 0 Å². The van der Waals surface area contributed by atoms with Crippen LogP contribution in [0.1, 0.15) is 37.7 Å². The highest BCUT2D eigenvalue weighted by Gasteiger charge is 2.48. The first-order chi connectivity index (χ1) is 12.9. The summed E-state index contributed by atoms with van der Waals surface area (Å²) in [4.78, 5) is 32.0. The maximum atomic E-state index is 13.7. The molecule has 27 heavy (non-hydrogen) atoms. The van der Waals surface area contributed by atoms with Gasteiger partial charge in [0.1, 0.15) is 0 Å². The van der Waals surface area contributed by atoms with Crippen LogP contribution in [-0.4, -0.2) is 73.3 Å². The lowest BCUT2D eigenvalue weighted by Gasteiger charge is -2.46. The van der Waals surface area contributed by atoms with Crippen LogP contribution in [0.15, 0.2) is 30.3 Å². The van der Waals surface area contributed by atoms with Crippen molar-refractivity contribution in [3.8, 4) is 0 Å². The highest BCUT2D eigenvalue weighted by molar-refractivity contribution is 5.88. The Morgan fingerprint density at radius 3 is 2.11 bits per heavy atom. The number of benzene rings is 1. The Morgan fingerprint density at radius 2 is 1.56 bits per heavy atom. The Labute approximate surface area is 162 Å². The van der Waals surface area contributed by atoms with Crippen molar-refractivity contribution in [1.29, 1.82) is 0 Å². The van der Waals surface area contributed by atoms with Crippen LogP contribution in [0.4, 0.5) is 0 Å². The van der Waals surface area contributed by atoms with E-state index < -0.39 is 0 Å². The van der Waals surface area contributed by atoms with E-state index in [1.165, 1.54) is 5.56 Å². The highest BCUT2D eigenvalue weighted by Crippen LogP contribution is 2.43. The van der Waals surface area contributed by atoms with Crippen molar-refractivity contribution in [2.75, 3.05) is 46.8 Å². The van der Waals surface area contributed by atoms with Crippen LogP contribution in [-0.2, 0) is 15.0 Å². The Morgan fingerprint density at radius 1 is 0.926 bits per heavy atom. The third-order valence-electron chi connectivity index (χ3n) is 7.21. The minimum atomic E-state index is -0.388. The molecule has 0 saturated carbocycles. The monoisotopic (exact) mass is 369 g/mol. The first kappa shape index (κ1) is 18.5. The van der Waals surface area contributed by atoms with Gasteiger partial charge in [-0.3, -0.25) is 9.59 Å². The number of carbonyl (C=O) groups excluding carboxylic acids is 2. The molecule has 0 N–H and O–H groups in total. The molecule has 3 aliphatic heterocycles. The van der Waals surface area contributed by atoms with E-state index in [0.717, 1.165) is 58.4 Å². The lowest BCUT2D eigenvalue weighted by molar-refractivity contribution is -0.141. The second-order valence-corrected chi connectivity index (χ2v) is 8.97. The number of rotatable bonds is 2. The van der Waals surface area contributed by atoms with Gasteiger partial charge >= 0.3 is 0 Å². The lowest BCUT2D eigenvalue weighted by atomic mass is 9.70. The average Bonchev–Trinajstić information content (AvgIpc) is 2.96. The molecule has 146 valence electrons. The fourth-order valence-corrected chi connectivity index (χ4v) is 5.31. The van der Waals surface area contributed by atoms with Crippen molar-refractivity contribution in [1.82, 2.24) is 14.7 Å². The molecule has 1 aromatic rings. The van der Waals surface area contributed by atoms with Crippen LogP contribution in [0.3, 0.4) is 0 Å². The Balaban J connectivity index is 1.52. The van der Waals surface area contributed by atoms with E-state index >= 15 is 0 Å². The maximum Gasteiger partial charge on any atom is 0.233 e. The second-order valence-electron chi connectivity index (χ2n) is 8.97. The molecule has 0 aliphatic carbocycles. The molecule has 0 radical (unpaired) electrons. The zero-order valence-corrected chi connectivity index (χ0v) is 16.6. The molecule has 0 bridgehead atoms. The molecule has 3 fully saturated rings. The summed E-state index contributed by atoms with van der Waals surface area (Å²) in [6.07, 6.45) is 4.31. The fourth-order valence-electron chi connectivity index (χ4n) is 5.31. The van der Waals surface area contributed by atoms with Gasteiger partial charge < -0.3 is 14.7 Å². The SMILES string of the molecule is CN1CCC(C(=O)N2CCC3(CC2)CC(=O)N(C)C3)(c2ccccc2)CC1. The molecule has 0 atom stereocenters. The molecular weight excluding hydrogens is 338 g/mol. The summed E-state index contributed by atoms with van der Waals surface area (Å²) in [5, 5.41) is 0. The summed E-state index contributed by atoms with van der Waals surface area (Å²) < 4.78 is 0. The summed E-state index contributed by atoms with van der Waals surface area (Å²) in [5.74, 6) is 0.556. The standard InChI is InChI=1S/C22H31N3O2/c1-23-12-10-22(11-13-23,18-6-4-3-5-7-18)20(27)25-14-8-21(9-15-25)16-19(26)24(2)17-21/h3-7H,8-17H2,1-2H3. The van der Waals surface area contributed by atoms with E-state index in [2.05, 4.69) is 29.0 Å². The summed E-state index contributed by atoms with van der Waals surface area (Å²) in [7, 11) is 4.04. The maximum absolute atomic E-state index is 13.7. The van der Waals surface area contributed by atoms with E-state index in [9.17, 15) is 9.59 Å². The number of carbonyl (C=O) groups is 2. The minimum Gasteiger partial charge on any atom is -0.345 e. The third kappa shape index (κ3) is 3.27. The van der Waals surface area contributed by atoms with Gasteiger partial charge in [-0.05, 0) is 51.4 Å². The van der Waals surface area contributed by atoms with Gasteiger partial charge in [-0.1, -0.05) is 30.3 Å². The van der Waals surface area contributed by atoms with Gasteiger partial charge in [0.05, 0.1) is 5.41 Å². The Kier molecular flexibility index (Phi) is 4.75. The number of hydrogen-bond donors (Lipinski definition) is 0. The molecule has 3 heterocycles. The van der Waals surface area contributed by atoms with Gasteiger partial charge in [0.15, 0.2) is 0 Å². The Bertz CT molecular complexity index is 702. The molecule has 5 heteroatoms. The highest BCUT2D eigenvalue weighted by atomic mass is 16.2. The van der Waals surface area contributed by atoms with Gasteiger partial charge in [0.2, 0.25) is 11.8 Å². The summed E-state index contributed by atoms with van der Waals surface area (Å²) in [5.41, 5.74) is 0.870. The molecule has 1 spiro atoms. The van der Waals surface area contributed by atoms with Crippen molar-refractivity contribution >= 4 is 11.8 Å². The number of amides is 2. The number of piperidine rings is 2. The van der Waals surface area contributed by atoms with E-state index in [4.69, 9.17) is 0 Å². The van der Waals surface area contributed by atoms with Gasteiger partial charge in [-0.25, -0.2) is 0 Å². The largest absolute Gasteiger partial charge is 0.345 e. The van der Waals surface area contributed by atoms with Crippen LogP contribution < -0.4 is 0 Å². The first-order valence-electron chi connectivity index (χ1n) is 10.2. The summed E-state index contributed by atoms with van der Waals surface area (Å²) in [6, 6.07) is 10.4. The smallest absolute Gasteiger partial charge is 0.233 e. The second kappa shape index (κ2) is 6.93. The Hall–Kier alpha value is -1.88. The molecule has 1 aromatic carbocycles. The zero-order valence-electron chi connectivity index (χ0n) is 16.6. The number of likely N-dealkylation sites (tertiary alicyclic amines) is 3. The quantitative estimate of drug-likeness (QED) is 0.802. The van der Waals surface area contributed by atoms with Crippen LogP contribution >= 0.6 is 0 Å². The van der Waals surface area contributed by atoms with Crippen molar-refractivity contribution < 1.29 is 9.59 Å². The average molecular weight is 370 g/mol. The van der Waals surface area contributed by atoms with Crippen LogP contribution in [0.2, 0.25) is 0 Å². The molecule has 2 amide bonds. The van der Waals surface area contributed by atoms with E-state index in [-0.39, 0.29) is 16.7 Å². The summed E-state index contributed by atoms with van der Waals surface area (Å²) >= 11 is 0. The van der Waals surface area contributed by atoms with Gasteiger partial charge in [0, 0.05) is 38.5 Å². The zero-order chi connectivity index (χ0) is 19.1. The fraction of sp³-hybridized carbons (Fsp3) is 0.636. The number of hydrogen-bond acceptors (Lipinski definition) is 3. The molecule has 4 rings (SSSR count). The van der Waals surface area contributed by atoms with Gasteiger partial charge in [-0.2, -0.15) is 0 Å². The van der Waals surface area contributed by atoms with Gasteiger partial charge in [0.25, 0.3) is 0 Å². The third-order valence-corrected chi connectivity index (χ3v) is 7.21. The minimum absolute atomic E-state index is 0.0926. The molecule has 5 nitrogen and oxygen atoms in total. The lowest BCUT2D eigenvalue weighted by Crippen LogP contribution is -2.55. The first-order valence-corrected chi connectivity index (χ1v) is 10.2. The topological polar surface area (TPSA) is 43.9 Å². The van der Waals surface area contributed by atoms with E-state index in [1.807, 2.05) is 30.1 Å². The van der Waals surface area contributed by atoms with Crippen LogP contribution in [0, 0.1) is 5.41 Å². The molecule has 3 aliphatic rings. The van der Waals surface area contributed by atoms with Crippen LogP contribution in [0.5, 0.6) is 0 Å². The molecule has 3 saturated heterocycles. The van der Waals surface area contributed by atoms with Crippen molar-refractivity contribution in [2.24, 2.45) is 5.41 Å². The summed E-state index contributed by atoms with van der Waals surface area (Å²) in [6.45, 7) is 4.33. The predicted molar refractivity (Wildman–Crippen MR) is 105 cm³/mol. The van der Waals surface area contributed by atoms with Crippen molar-refractivity contribution in [3.05, 3.63) is 35.9 Å². The molecule has 0 aromatic heterocycles. The predicted octanol–water partition coefficient (Wildman–Crippen LogP) is 2.12. The van der Waals surface area contributed by atoms with Crippen molar-refractivity contribution in [3.63, 3.8) is 0 Å². The molecular formula is C22H31N3O2. The van der Waals surface area contributed by atoms with E-state index in [0.29, 0.717) is 12.3 Å². The normalized spacial score (nSPS) is 25.2. The van der Waals surface area contributed by atoms with Crippen LogP contribution in [0.25, 0.3) is 0 Å².